The maximum atomic E-state index is 13.3. The van der Waals surface area contributed by atoms with Gasteiger partial charge in [0, 0.05) is 37.9 Å². The Morgan fingerprint density at radius 1 is 1.16 bits per heavy atom. The van der Waals surface area contributed by atoms with Crippen LogP contribution in [0.3, 0.4) is 0 Å². The zero-order valence-corrected chi connectivity index (χ0v) is 17.6. The lowest BCUT2D eigenvalue weighted by molar-refractivity contribution is 0.0767. The van der Waals surface area contributed by atoms with E-state index in [4.69, 9.17) is 5.73 Å². The number of benzene rings is 1. The summed E-state index contributed by atoms with van der Waals surface area (Å²) in [7, 11) is 0. The highest BCUT2D eigenvalue weighted by atomic mass is 19.1. The Morgan fingerprint density at radius 3 is 2.52 bits per heavy atom. The van der Waals surface area contributed by atoms with E-state index in [0.29, 0.717) is 30.6 Å². The summed E-state index contributed by atoms with van der Waals surface area (Å²) in [5, 5.41) is 0. The fourth-order valence-electron chi connectivity index (χ4n) is 4.95. The minimum absolute atomic E-state index is 0.0257. The van der Waals surface area contributed by atoms with Gasteiger partial charge >= 0.3 is 0 Å². The number of aromatic amines is 1. The molecule has 7 nitrogen and oxygen atoms in total. The van der Waals surface area contributed by atoms with Crippen LogP contribution in [0.2, 0.25) is 0 Å². The first-order valence-corrected chi connectivity index (χ1v) is 10.6. The summed E-state index contributed by atoms with van der Waals surface area (Å²) in [5.41, 5.74) is 6.50. The van der Waals surface area contributed by atoms with Crippen LogP contribution in [0.1, 0.15) is 38.4 Å². The molecule has 4 rings (SSSR count). The first-order chi connectivity index (χ1) is 14.8. The van der Waals surface area contributed by atoms with Crippen molar-refractivity contribution >= 4 is 11.8 Å². The van der Waals surface area contributed by atoms with Crippen LogP contribution in [0.5, 0.6) is 0 Å². The summed E-state index contributed by atoms with van der Waals surface area (Å²) in [6, 6.07) is 7.83. The standard InChI is InChI=1S/C23H27FN4O3/c1-14-21(19(22(25)30)9-20(29)26-14)23(31)28-12-16-10-27(11-17(16)13-28)7-3-5-15-4-2-6-18(24)8-15/h2,4,6,8-9,16-17H,3,5,7,10-13H2,1H3,(H2,25,30)(H,26,29)/t16-,17?/m0/s1. The summed E-state index contributed by atoms with van der Waals surface area (Å²) < 4.78 is 13.3. The van der Waals surface area contributed by atoms with Gasteiger partial charge in [0.25, 0.3) is 5.91 Å². The Bertz CT molecular complexity index is 1050. The predicted molar refractivity (Wildman–Crippen MR) is 114 cm³/mol. The number of nitrogens with zero attached hydrogens (tertiary/aromatic N) is 2. The number of hydrogen-bond acceptors (Lipinski definition) is 4. The van der Waals surface area contributed by atoms with Gasteiger partial charge in [-0.3, -0.25) is 14.4 Å². The molecule has 3 N–H and O–H groups in total. The minimum atomic E-state index is -0.776. The second-order valence-corrected chi connectivity index (χ2v) is 8.63. The second kappa shape index (κ2) is 8.63. The Morgan fingerprint density at radius 2 is 1.87 bits per heavy atom. The van der Waals surface area contributed by atoms with E-state index >= 15 is 0 Å². The van der Waals surface area contributed by atoms with E-state index in [9.17, 15) is 18.8 Å². The van der Waals surface area contributed by atoms with E-state index in [2.05, 4.69) is 9.88 Å². The molecule has 8 heteroatoms. The summed E-state index contributed by atoms with van der Waals surface area (Å²) in [5.74, 6) is -0.456. The number of primary amides is 1. The molecule has 2 saturated heterocycles. The van der Waals surface area contributed by atoms with Gasteiger partial charge in [0.1, 0.15) is 5.82 Å². The number of fused-ring (bicyclic) bond motifs is 1. The number of aromatic nitrogens is 1. The zero-order chi connectivity index (χ0) is 22.1. The van der Waals surface area contributed by atoms with Crippen LogP contribution in [0.25, 0.3) is 0 Å². The summed E-state index contributed by atoms with van der Waals surface area (Å²) in [4.78, 5) is 43.4. The molecule has 2 aromatic rings. The van der Waals surface area contributed by atoms with Crippen LogP contribution in [0.15, 0.2) is 35.1 Å². The lowest BCUT2D eigenvalue weighted by atomic mass is 10.0. The second-order valence-electron chi connectivity index (χ2n) is 8.63. The Labute approximate surface area is 180 Å². The van der Waals surface area contributed by atoms with Crippen LogP contribution < -0.4 is 11.3 Å². The first-order valence-electron chi connectivity index (χ1n) is 10.6. The van der Waals surface area contributed by atoms with Gasteiger partial charge in [0.15, 0.2) is 0 Å². The topological polar surface area (TPSA) is 99.5 Å². The number of aryl methyl sites for hydroxylation is 2. The van der Waals surface area contributed by atoms with Gasteiger partial charge in [-0.15, -0.1) is 0 Å². The van der Waals surface area contributed by atoms with Gasteiger partial charge in [0.2, 0.25) is 11.5 Å². The van der Waals surface area contributed by atoms with Crippen molar-refractivity contribution in [3.05, 3.63) is 68.9 Å². The molecule has 2 fully saturated rings. The van der Waals surface area contributed by atoms with Crippen LogP contribution in [-0.4, -0.2) is 59.3 Å². The number of amides is 2. The van der Waals surface area contributed by atoms with Crippen LogP contribution in [0.4, 0.5) is 4.39 Å². The van der Waals surface area contributed by atoms with E-state index in [-0.39, 0.29) is 22.9 Å². The van der Waals surface area contributed by atoms with Crippen LogP contribution in [-0.2, 0) is 6.42 Å². The van der Waals surface area contributed by atoms with Gasteiger partial charge in [-0.1, -0.05) is 12.1 Å². The lowest BCUT2D eigenvalue weighted by Gasteiger charge is -2.23. The number of H-pyrrole nitrogens is 1. The van der Waals surface area contributed by atoms with Gasteiger partial charge in [-0.05, 0) is 55.8 Å². The van der Waals surface area contributed by atoms with Crippen LogP contribution >= 0.6 is 0 Å². The van der Waals surface area contributed by atoms with Gasteiger partial charge in [-0.2, -0.15) is 0 Å². The SMILES string of the molecule is Cc1[nH]c(=O)cc(C(N)=O)c1C(=O)N1CC2CN(CCCc3cccc(F)c3)C[C@H]2C1. The van der Waals surface area contributed by atoms with Crippen molar-refractivity contribution in [2.75, 3.05) is 32.7 Å². The van der Waals surface area contributed by atoms with Crippen molar-refractivity contribution in [3.8, 4) is 0 Å². The molecule has 164 valence electrons. The molecule has 2 amide bonds. The van der Waals surface area contributed by atoms with Crippen molar-refractivity contribution in [2.24, 2.45) is 17.6 Å². The Balaban J connectivity index is 1.34. The Hall–Kier alpha value is -3.00. The summed E-state index contributed by atoms with van der Waals surface area (Å²) in [6.45, 7) is 5.65. The number of rotatable bonds is 6. The average Bonchev–Trinajstić information content (AvgIpc) is 3.26. The molecule has 0 saturated carbocycles. The molecule has 3 heterocycles. The molecule has 0 aliphatic carbocycles. The van der Waals surface area contributed by atoms with Gasteiger partial charge in [-0.25, -0.2) is 4.39 Å². The minimum Gasteiger partial charge on any atom is -0.366 e. The van der Waals surface area contributed by atoms with Crippen molar-refractivity contribution in [2.45, 2.75) is 19.8 Å². The highest BCUT2D eigenvalue weighted by molar-refractivity contribution is 6.07. The first kappa shape index (κ1) is 21.2. The molecule has 31 heavy (non-hydrogen) atoms. The van der Waals surface area contributed by atoms with Gasteiger partial charge < -0.3 is 20.5 Å². The molecule has 0 bridgehead atoms. The molecular formula is C23H27FN4O3. The molecule has 2 atom stereocenters. The van der Waals surface area contributed by atoms with Crippen LogP contribution in [0, 0.1) is 24.6 Å². The molecular weight excluding hydrogens is 399 g/mol. The third-order valence-electron chi connectivity index (χ3n) is 6.39. The smallest absolute Gasteiger partial charge is 0.256 e. The van der Waals surface area contributed by atoms with E-state index in [1.54, 1.807) is 24.0 Å². The van der Waals surface area contributed by atoms with E-state index < -0.39 is 11.5 Å². The largest absolute Gasteiger partial charge is 0.366 e. The molecule has 1 aromatic carbocycles. The summed E-state index contributed by atoms with van der Waals surface area (Å²) in [6.07, 6.45) is 1.81. The molecule has 0 radical (unpaired) electrons. The summed E-state index contributed by atoms with van der Waals surface area (Å²) >= 11 is 0. The fraction of sp³-hybridized carbons (Fsp3) is 0.435. The number of pyridine rings is 1. The highest BCUT2D eigenvalue weighted by Gasteiger charge is 2.42. The van der Waals surface area contributed by atoms with Crippen molar-refractivity contribution in [1.82, 2.24) is 14.8 Å². The molecule has 1 aromatic heterocycles. The quantitative estimate of drug-likeness (QED) is 0.732. The van der Waals surface area contributed by atoms with Crippen molar-refractivity contribution in [3.63, 3.8) is 0 Å². The normalized spacial score (nSPS) is 20.8. The fourth-order valence-corrected chi connectivity index (χ4v) is 4.95. The third-order valence-corrected chi connectivity index (χ3v) is 6.39. The number of nitrogens with one attached hydrogen (secondary N) is 1. The Kier molecular flexibility index (Phi) is 5.91. The average molecular weight is 426 g/mol. The molecule has 0 spiro atoms. The molecule has 2 aliphatic heterocycles. The third kappa shape index (κ3) is 4.54. The number of hydrogen-bond donors (Lipinski definition) is 2. The maximum absolute atomic E-state index is 13.3. The number of carbonyl (C=O) groups is 2. The maximum Gasteiger partial charge on any atom is 0.256 e. The van der Waals surface area contributed by atoms with Gasteiger partial charge in [0.05, 0.1) is 11.1 Å². The van der Waals surface area contributed by atoms with E-state index in [0.717, 1.165) is 44.1 Å². The molecule has 2 aliphatic rings. The number of halogens is 1. The van der Waals surface area contributed by atoms with E-state index in [1.807, 2.05) is 6.07 Å². The molecule has 1 unspecified atom stereocenters. The highest BCUT2D eigenvalue weighted by Crippen LogP contribution is 2.32. The van der Waals surface area contributed by atoms with Crippen molar-refractivity contribution in [1.29, 1.82) is 0 Å². The van der Waals surface area contributed by atoms with E-state index in [1.165, 1.54) is 6.07 Å². The zero-order valence-electron chi connectivity index (χ0n) is 17.6. The lowest BCUT2D eigenvalue weighted by Crippen LogP contribution is -2.36. The van der Waals surface area contributed by atoms with Crippen molar-refractivity contribution < 1.29 is 14.0 Å². The number of nitrogens with two attached hydrogens (primary N) is 1. The number of likely N-dealkylation sites (tertiary alicyclic amines) is 2. The number of carbonyl (C=O) groups excluding carboxylic acids is 2. The predicted octanol–water partition coefficient (Wildman–Crippen LogP) is 1.56. The monoisotopic (exact) mass is 426 g/mol.